The Kier molecular flexibility index (Phi) is 5.86. The molecule has 1 aromatic carbocycles. The van der Waals surface area contributed by atoms with Crippen molar-refractivity contribution >= 4 is 5.97 Å². The third-order valence-electron chi connectivity index (χ3n) is 2.86. The molecule has 0 spiro atoms. The molecule has 0 heterocycles. The fraction of sp³-hybridized carbons (Fsp3) is 0.533. The van der Waals surface area contributed by atoms with Crippen LogP contribution in [-0.4, -0.2) is 18.2 Å². The van der Waals surface area contributed by atoms with Crippen LogP contribution in [0.15, 0.2) is 24.3 Å². The molecule has 1 rings (SSSR count). The second-order valence-corrected chi connectivity index (χ2v) is 4.97. The van der Waals surface area contributed by atoms with E-state index in [2.05, 4.69) is 18.6 Å². The molecule has 1 aromatic rings. The summed E-state index contributed by atoms with van der Waals surface area (Å²) in [6, 6.07) is 7.94. The number of hydrogen-bond acceptors (Lipinski definition) is 3. The Morgan fingerprint density at radius 2 is 1.89 bits per heavy atom. The Morgan fingerprint density at radius 3 is 2.39 bits per heavy atom. The van der Waals surface area contributed by atoms with Gasteiger partial charge < -0.3 is 9.84 Å². The molecule has 3 nitrogen and oxygen atoms in total. The molecule has 1 atom stereocenters. The van der Waals surface area contributed by atoms with Crippen LogP contribution in [0.1, 0.15) is 43.9 Å². The lowest BCUT2D eigenvalue weighted by Crippen LogP contribution is -2.05. The van der Waals surface area contributed by atoms with E-state index in [9.17, 15) is 9.90 Å². The lowest BCUT2D eigenvalue weighted by Gasteiger charge is -2.11. The zero-order chi connectivity index (χ0) is 13.5. The fourth-order valence-electron chi connectivity index (χ4n) is 1.87. The maximum Gasteiger partial charge on any atom is 0.305 e. The van der Waals surface area contributed by atoms with Crippen LogP contribution >= 0.6 is 0 Å². The van der Waals surface area contributed by atoms with Crippen molar-refractivity contribution in [1.29, 1.82) is 0 Å². The van der Waals surface area contributed by atoms with Gasteiger partial charge >= 0.3 is 5.97 Å². The normalized spacial score (nSPS) is 12.5. The predicted octanol–water partition coefficient (Wildman–Crippen LogP) is 2.87. The Hall–Kier alpha value is -1.35. The molecule has 0 amide bonds. The minimum Gasteiger partial charge on any atom is -0.469 e. The van der Waals surface area contributed by atoms with Gasteiger partial charge in [-0.2, -0.15) is 0 Å². The first kappa shape index (κ1) is 14.7. The van der Waals surface area contributed by atoms with Gasteiger partial charge in [0.2, 0.25) is 0 Å². The average molecular weight is 250 g/mol. The highest BCUT2D eigenvalue weighted by Gasteiger charge is 2.10. The summed E-state index contributed by atoms with van der Waals surface area (Å²) in [5, 5.41) is 9.93. The molecule has 0 fully saturated rings. The van der Waals surface area contributed by atoms with Crippen molar-refractivity contribution in [3.63, 3.8) is 0 Å². The van der Waals surface area contributed by atoms with E-state index in [1.807, 2.05) is 24.3 Å². The maximum absolute atomic E-state index is 11.0. The number of ether oxygens (including phenoxy) is 1. The number of benzene rings is 1. The van der Waals surface area contributed by atoms with E-state index in [-0.39, 0.29) is 12.4 Å². The summed E-state index contributed by atoms with van der Waals surface area (Å²) in [6.45, 7) is 4.36. The van der Waals surface area contributed by atoms with Crippen molar-refractivity contribution in [2.24, 2.45) is 5.92 Å². The van der Waals surface area contributed by atoms with Crippen LogP contribution in [0.2, 0.25) is 0 Å². The van der Waals surface area contributed by atoms with Gasteiger partial charge in [0.15, 0.2) is 0 Å². The SMILES string of the molecule is COC(=O)CCC(O)c1ccc(CC(C)C)cc1. The van der Waals surface area contributed by atoms with Gasteiger partial charge in [0.25, 0.3) is 0 Å². The zero-order valence-electron chi connectivity index (χ0n) is 11.3. The summed E-state index contributed by atoms with van der Waals surface area (Å²) >= 11 is 0. The number of carbonyl (C=O) groups is 1. The lowest BCUT2D eigenvalue weighted by molar-refractivity contribution is -0.141. The smallest absolute Gasteiger partial charge is 0.305 e. The molecular weight excluding hydrogens is 228 g/mol. The van der Waals surface area contributed by atoms with Crippen LogP contribution in [-0.2, 0) is 16.0 Å². The molecular formula is C15H22O3. The Labute approximate surface area is 109 Å². The van der Waals surface area contributed by atoms with Crippen molar-refractivity contribution in [2.75, 3.05) is 7.11 Å². The molecule has 0 aliphatic rings. The van der Waals surface area contributed by atoms with Gasteiger partial charge in [-0.15, -0.1) is 0 Å². The molecule has 0 bridgehead atoms. The van der Waals surface area contributed by atoms with Gasteiger partial charge in [-0.05, 0) is 29.9 Å². The fourth-order valence-corrected chi connectivity index (χ4v) is 1.87. The number of aliphatic hydroxyl groups is 1. The van der Waals surface area contributed by atoms with Crippen LogP contribution in [0.25, 0.3) is 0 Å². The number of esters is 1. The summed E-state index contributed by atoms with van der Waals surface area (Å²) in [7, 11) is 1.36. The molecule has 1 unspecified atom stereocenters. The van der Waals surface area contributed by atoms with Gasteiger partial charge in [0.05, 0.1) is 13.2 Å². The maximum atomic E-state index is 11.0. The van der Waals surface area contributed by atoms with E-state index in [1.165, 1.54) is 12.7 Å². The van der Waals surface area contributed by atoms with Gasteiger partial charge in [-0.1, -0.05) is 38.1 Å². The third-order valence-corrected chi connectivity index (χ3v) is 2.86. The van der Waals surface area contributed by atoms with Crippen LogP contribution in [0, 0.1) is 5.92 Å². The summed E-state index contributed by atoms with van der Waals surface area (Å²) in [4.78, 5) is 11.0. The van der Waals surface area contributed by atoms with Crippen molar-refractivity contribution in [3.05, 3.63) is 35.4 Å². The van der Waals surface area contributed by atoms with Crippen LogP contribution in [0.4, 0.5) is 0 Å². The van der Waals surface area contributed by atoms with Gasteiger partial charge in [0.1, 0.15) is 0 Å². The first-order valence-electron chi connectivity index (χ1n) is 6.36. The molecule has 1 N–H and O–H groups in total. The standard InChI is InChI=1S/C15H22O3/c1-11(2)10-12-4-6-13(7-5-12)14(16)8-9-15(17)18-3/h4-7,11,14,16H,8-10H2,1-3H3. The molecule has 0 aromatic heterocycles. The molecule has 0 saturated carbocycles. The van der Waals surface area contributed by atoms with Gasteiger partial charge in [0, 0.05) is 6.42 Å². The molecule has 18 heavy (non-hydrogen) atoms. The van der Waals surface area contributed by atoms with E-state index in [1.54, 1.807) is 0 Å². The molecule has 0 aliphatic heterocycles. The largest absolute Gasteiger partial charge is 0.469 e. The number of methoxy groups -OCH3 is 1. The molecule has 0 aliphatic carbocycles. The molecule has 3 heteroatoms. The van der Waals surface area contributed by atoms with Crippen LogP contribution in [0.3, 0.4) is 0 Å². The number of hydrogen-bond donors (Lipinski definition) is 1. The van der Waals surface area contributed by atoms with E-state index < -0.39 is 6.10 Å². The molecule has 0 saturated heterocycles. The van der Waals surface area contributed by atoms with Crippen molar-refractivity contribution < 1.29 is 14.6 Å². The van der Waals surface area contributed by atoms with Crippen LogP contribution in [0.5, 0.6) is 0 Å². The number of carbonyl (C=O) groups excluding carboxylic acids is 1. The number of rotatable bonds is 6. The second-order valence-electron chi connectivity index (χ2n) is 4.97. The highest BCUT2D eigenvalue weighted by molar-refractivity contribution is 5.69. The van der Waals surface area contributed by atoms with Crippen molar-refractivity contribution in [2.45, 2.75) is 39.2 Å². The zero-order valence-corrected chi connectivity index (χ0v) is 11.3. The highest BCUT2D eigenvalue weighted by atomic mass is 16.5. The second kappa shape index (κ2) is 7.17. The Bertz CT molecular complexity index is 368. The quantitative estimate of drug-likeness (QED) is 0.790. The van der Waals surface area contributed by atoms with E-state index in [0.29, 0.717) is 12.3 Å². The monoisotopic (exact) mass is 250 g/mol. The van der Waals surface area contributed by atoms with Gasteiger partial charge in [-0.25, -0.2) is 0 Å². The van der Waals surface area contributed by atoms with E-state index in [0.717, 1.165) is 12.0 Å². The highest BCUT2D eigenvalue weighted by Crippen LogP contribution is 2.20. The first-order chi connectivity index (χ1) is 8.52. The predicted molar refractivity (Wildman–Crippen MR) is 71.2 cm³/mol. The summed E-state index contributed by atoms with van der Waals surface area (Å²) < 4.78 is 4.55. The number of aliphatic hydroxyl groups excluding tert-OH is 1. The summed E-state index contributed by atoms with van der Waals surface area (Å²) in [6.07, 6.45) is 1.08. The van der Waals surface area contributed by atoms with Gasteiger partial charge in [-0.3, -0.25) is 4.79 Å². The van der Waals surface area contributed by atoms with Crippen molar-refractivity contribution in [3.8, 4) is 0 Å². The lowest BCUT2D eigenvalue weighted by atomic mass is 9.99. The third kappa shape index (κ3) is 4.88. The van der Waals surface area contributed by atoms with Crippen LogP contribution < -0.4 is 0 Å². The van der Waals surface area contributed by atoms with E-state index >= 15 is 0 Å². The summed E-state index contributed by atoms with van der Waals surface area (Å²) in [5.74, 6) is 0.338. The summed E-state index contributed by atoms with van der Waals surface area (Å²) in [5.41, 5.74) is 2.13. The molecule has 0 radical (unpaired) electrons. The minimum absolute atomic E-state index is 0.241. The molecule has 100 valence electrons. The topological polar surface area (TPSA) is 46.5 Å². The minimum atomic E-state index is -0.600. The Balaban J connectivity index is 2.53. The van der Waals surface area contributed by atoms with E-state index in [4.69, 9.17) is 0 Å². The van der Waals surface area contributed by atoms with Crippen molar-refractivity contribution in [1.82, 2.24) is 0 Å². The Morgan fingerprint density at radius 1 is 1.28 bits per heavy atom. The average Bonchev–Trinajstić information content (AvgIpc) is 2.35. The first-order valence-corrected chi connectivity index (χ1v) is 6.36.